The predicted octanol–water partition coefficient (Wildman–Crippen LogP) is 1.82. The van der Waals surface area contributed by atoms with Gasteiger partial charge in [0.1, 0.15) is 6.04 Å². The third-order valence-corrected chi connectivity index (χ3v) is 3.16. The molecular formula is C12H15N3. The summed E-state index contributed by atoms with van der Waals surface area (Å²) in [4.78, 5) is 9.03. The van der Waals surface area contributed by atoms with E-state index in [4.69, 9.17) is 0 Å². The average Bonchev–Trinajstić information content (AvgIpc) is 2.86. The zero-order chi connectivity index (χ0) is 10.1. The Labute approximate surface area is 89.7 Å². The number of fused-ring (bicyclic) bond motifs is 1. The Bertz CT molecular complexity index is 370. The Balaban J connectivity index is 1.70. The van der Waals surface area contributed by atoms with Crippen molar-refractivity contribution in [2.75, 3.05) is 0 Å². The van der Waals surface area contributed by atoms with Gasteiger partial charge in [-0.3, -0.25) is 0 Å². The van der Waals surface area contributed by atoms with E-state index in [1.165, 1.54) is 25.7 Å². The first kappa shape index (κ1) is 8.89. The van der Waals surface area contributed by atoms with E-state index in [1.54, 1.807) is 0 Å². The van der Waals surface area contributed by atoms with Gasteiger partial charge in [0.2, 0.25) is 5.96 Å². The highest BCUT2D eigenvalue weighted by Crippen LogP contribution is 2.19. The largest absolute Gasteiger partial charge is 0.352 e. The number of guanidine groups is 1. The minimum absolute atomic E-state index is 0.166. The van der Waals surface area contributed by atoms with Crippen LogP contribution in [0.15, 0.2) is 34.3 Å². The minimum atomic E-state index is 0.166. The topological polar surface area (TPSA) is 36.8 Å². The summed E-state index contributed by atoms with van der Waals surface area (Å²) >= 11 is 0. The lowest BCUT2D eigenvalue weighted by molar-refractivity contribution is 0.627. The monoisotopic (exact) mass is 201 g/mol. The van der Waals surface area contributed by atoms with E-state index < -0.39 is 0 Å². The van der Waals surface area contributed by atoms with Crippen LogP contribution < -0.4 is 5.32 Å². The zero-order valence-corrected chi connectivity index (χ0v) is 8.69. The first-order valence-corrected chi connectivity index (χ1v) is 5.69. The van der Waals surface area contributed by atoms with E-state index in [-0.39, 0.29) is 6.04 Å². The highest BCUT2D eigenvalue weighted by atomic mass is 15.2. The van der Waals surface area contributed by atoms with E-state index in [0.29, 0.717) is 6.04 Å². The van der Waals surface area contributed by atoms with Gasteiger partial charge in [-0.1, -0.05) is 31.1 Å². The summed E-state index contributed by atoms with van der Waals surface area (Å²) in [7, 11) is 0. The molecule has 0 aromatic carbocycles. The van der Waals surface area contributed by atoms with Crippen LogP contribution in [0.1, 0.15) is 25.7 Å². The molecule has 3 heteroatoms. The van der Waals surface area contributed by atoms with Crippen LogP contribution in [0.4, 0.5) is 0 Å². The van der Waals surface area contributed by atoms with Gasteiger partial charge in [0.25, 0.3) is 0 Å². The van der Waals surface area contributed by atoms with Crippen molar-refractivity contribution in [1.29, 1.82) is 0 Å². The lowest BCUT2D eigenvalue weighted by Crippen LogP contribution is -2.30. The highest BCUT2D eigenvalue weighted by Gasteiger charge is 2.22. The van der Waals surface area contributed by atoms with Crippen molar-refractivity contribution in [1.82, 2.24) is 5.32 Å². The fourth-order valence-corrected chi connectivity index (χ4v) is 2.34. The van der Waals surface area contributed by atoms with Crippen molar-refractivity contribution in [2.45, 2.75) is 37.8 Å². The molecule has 0 bridgehead atoms. The number of rotatable bonds is 1. The summed E-state index contributed by atoms with van der Waals surface area (Å²) < 4.78 is 0. The molecule has 0 aromatic heterocycles. The number of hydrogen-bond donors (Lipinski definition) is 1. The molecule has 0 spiro atoms. The second-order valence-electron chi connectivity index (χ2n) is 4.30. The molecule has 78 valence electrons. The van der Waals surface area contributed by atoms with Crippen molar-refractivity contribution in [3.8, 4) is 0 Å². The number of aliphatic imine (C=N–C) groups is 2. The Morgan fingerprint density at radius 1 is 1.20 bits per heavy atom. The lowest BCUT2D eigenvalue weighted by Gasteiger charge is -2.10. The molecule has 0 aromatic rings. The molecule has 1 N–H and O–H groups in total. The first-order chi connectivity index (χ1) is 7.42. The van der Waals surface area contributed by atoms with Crippen LogP contribution in [0.5, 0.6) is 0 Å². The lowest BCUT2D eigenvalue weighted by atomic mass is 10.1. The van der Waals surface area contributed by atoms with Gasteiger partial charge < -0.3 is 5.32 Å². The van der Waals surface area contributed by atoms with E-state index in [0.717, 1.165) is 11.7 Å². The number of nitrogens with zero attached hydrogens (tertiary/aromatic N) is 2. The second kappa shape index (κ2) is 3.65. The third-order valence-electron chi connectivity index (χ3n) is 3.16. The van der Waals surface area contributed by atoms with Crippen molar-refractivity contribution in [3.05, 3.63) is 24.3 Å². The highest BCUT2D eigenvalue weighted by molar-refractivity contribution is 6.12. The van der Waals surface area contributed by atoms with Crippen LogP contribution >= 0.6 is 0 Å². The van der Waals surface area contributed by atoms with Gasteiger partial charge in [-0.2, -0.15) is 0 Å². The van der Waals surface area contributed by atoms with Gasteiger partial charge in [-0.25, -0.2) is 9.98 Å². The van der Waals surface area contributed by atoms with Crippen LogP contribution in [-0.2, 0) is 0 Å². The molecule has 0 saturated heterocycles. The van der Waals surface area contributed by atoms with E-state index in [2.05, 4.69) is 21.4 Å². The maximum absolute atomic E-state index is 4.54. The standard InChI is InChI=1S/C12H15N3/c1-2-6-9(5-1)13-12-14-10-7-3-4-8-11(10)15-12/h3-4,7-10H,1-2,5-6H2,(H,13,14). The summed E-state index contributed by atoms with van der Waals surface area (Å²) in [6.45, 7) is 0. The fourth-order valence-electron chi connectivity index (χ4n) is 2.34. The molecule has 3 nitrogen and oxygen atoms in total. The molecular weight excluding hydrogens is 186 g/mol. The van der Waals surface area contributed by atoms with Crippen molar-refractivity contribution < 1.29 is 0 Å². The SMILES string of the molecule is C1=CC2=NC(NC3CCCC3)=NC2C=C1. The van der Waals surface area contributed by atoms with E-state index >= 15 is 0 Å². The molecule has 1 aliphatic heterocycles. The molecule has 1 fully saturated rings. The minimum Gasteiger partial charge on any atom is -0.352 e. The van der Waals surface area contributed by atoms with Gasteiger partial charge in [0.15, 0.2) is 0 Å². The van der Waals surface area contributed by atoms with Crippen molar-refractivity contribution >= 4 is 11.7 Å². The van der Waals surface area contributed by atoms with Crippen LogP contribution in [-0.4, -0.2) is 23.8 Å². The Morgan fingerprint density at radius 2 is 2.07 bits per heavy atom. The van der Waals surface area contributed by atoms with E-state index in [9.17, 15) is 0 Å². The van der Waals surface area contributed by atoms with Crippen LogP contribution in [0.3, 0.4) is 0 Å². The third kappa shape index (κ3) is 1.74. The Morgan fingerprint density at radius 3 is 2.87 bits per heavy atom. The average molecular weight is 201 g/mol. The number of nitrogens with one attached hydrogen (secondary N) is 1. The smallest absolute Gasteiger partial charge is 0.219 e. The van der Waals surface area contributed by atoms with Gasteiger partial charge in [-0.05, 0) is 18.9 Å². The summed E-state index contributed by atoms with van der Waals surface area (Å²) in [5.74, 6) is 0.832. The number of allylic oxidation sites excluding steroid dienone is 2. The molecule has 1 heterocycles. The van der Waals surface area contributed by atoms with Crippen LogP contribution in [0.2, 0.25) is 0 Å². The predicted molar refractivity (Wildman–Crippen MR) is 62.3 cm³/mol. The molecule has 15 heavy (non-hydrogen) atoms. The molecule has 1 saturated carbocycles. The maximum atomic E-state index is 4.54. The maximum Gasteiger partial charge on any atom is 0.219 e. The van der Waals surface area contributed by atoms with Crippen LogP contribution in [0.25, 0.3) is 0 Å². The molecule has 0 radical (unpaired) electrons. The quantitative estimate of drug-likeness (QED) is 0.690. The fraction of sp³-hybridized carbons (Fsp3) is 0.500. The molecule has 0 amide bonds. The zero-order valence-electron chi connectivity index (χ0n) is 8.69. The summed E-state index contributed by atoms with van der Waals surface area (Å²) in [6, 6.07) is 0.764. The van der Waals surface area contributed by atoms with E-state index in [1.807, 2.05) is 18.2 Å². The molecule has 2 aliphatic carbocycles. The normalized spacial score (nSPS) is 28.9. The van der Waals surface area contributed by atoms with Gasteiger partial charge in [0, 0.05) is 6.04 Å². The van der Waals surface area contributed by atoms with Gasteiger partial charge >= 0.3 is 0 Å². The van der Waals surface area contributed by atoms with Crippen molar-refractivity contribution in [3.63, 3.8) is 0 Å². The second-order valence-corrected chi connectivity index (χ2v) is 4.30. The van der Waals surface area contributed by atoms with Crippen LogP contribution in [0, 0.1) is 0 Å². The first-order valence-electron chi connectivity index (χ1n) is 5.69. The molecule has 1 unspecified atom stereocenters. The summed E-state index contributed by atoms with van der Waals surface area (Å²) in [6.07, 6.45) is 13.4. The van der Waals surface area contributed by atoms with Crippen molar-refractivity contribution in [2.24, 2.45) is 9.98 Å². The summed E-state index contributed by atoms with van der Waals surface area (Å²) in [5.41, 5.74) is 1.07. The molecule has 1 atom stereocenters. The molecule has 3 rings (SSSR count). The van der Waals surface area contributed by atoms with Gasteiger partial charge in [0.05, 0.1) is 5.71 Å². The Kier molecular flexibility index (Phi) is 2.16. The summed E-state index contributed by atoms with van der Waals surface area (Å²) in [5, 5.41) is 3.43. The Hall–Kier alpha value is -1.38. The van der Waals surface area contributed by atoms with Gasteiger partial charge in [-0.15, -0.1) is 0 Å². The molecule has 3 aliphatic rings. The number of hydrogen-bond acceptors (Lipinski definition) is 3.